The van der Waals surface area contributed by atoms with E-state index in [2.05, 4.69) is 25.6 Å². The Balaban J connectivity index is 2.47. The molecular formula is C13H10BrN3O3S. The Labute approximate surface area is 130 Å². The Bertz CT molecular complexity index is 801. The van der Waals surface area contributed by atoms with E-state index in [1.54, 1.807) is 0 Å². The number of nitrogens with zero attached hydrogens (tertiary/aromatic N) is 2. The van der Waals surface area contributed by atoms with E-state index >= 15 is 0 Å². The molecule has 0 aliphatic heterocycles. The predicted octanol–water partition coefficient (Wildman–Crippen LogP) is 2.53. The van der Waals surface area contributed by atoms with Gasteiger partial charge in [-0.3, -0.25) is 9.71 Å². The molecule has 0 saturated heterocycles. The first kappa shape index (κ1) is 15.3. The number of hydrogen-bond donors (Lipinski definition) is 1. The topological polar surface area (TPSA) is 92.1 Å². The summed E-state index contributed by atoms with van der Waals surface area (Å²) in [6.45, 7) is 0. The lowest BCUT2D eigenvalue weighted by molar-refractivity contribution is 0.412. The number of pyridine rings is 1. The fraction of sp³-hybridized carbons (Fsp3) is 0.0769. The van der Waals surface area contributed by atoms with Gasteiger partial charge >= 0.3 is 0 Å². The standard InChI is InChI=1S/C13H10BrN3O3S/c1-20-13-6-12(9(7-15)5-11(13)14)17-21(18,19)10-3-2-4-16-8-10/h2-6,8,17H,1H3. The van der Waals surface area contributed by atoms with Crippen LogP contribution in [0.5, 0.6) is 5.75 Å². The van der Waals surface area contributed by atoms with Gasteiger partial charge in [-0.2, -0.15) is 5.26 Å². The highest BCUT2D eigenvalue weighted by atomic mass is 79.9. The summed E-state index contributed by atoms with van der Waals surface area (Å²) in [5.74, 6) is 0.415. The monoisotopic (exact) mass is 367 g/mol. The second-order valence-corrected chi connectivity index (χ2v) is 6.48. The van der Waals surface area contributed by atoms with Crippen molar-refractivity contribution in [2.24, 2.45) is 0 Å². The fourth-order valence-electron chi connectivity index (χ4n) is 1.60. The van der Waals surface area contributed by atoms with E-state index in [9.17, 15) is 8.42 Å². The Morgan fingerprint density at radius 3 is 2.76 bits per heavy atom. The van der Waals surface area contributed by atoms with E-state index < -0.39 is 10.0 Å². The van der Waals surface area contributed by atoms with E-state index in [1.807, 2.05) is 6.07 Å². The minimum Gasteiger partial charge on any atom is -0.495 e. The number of aromatic nitrogens is 1. The molecule has 0 spiro atoms. The van der Waals surface area contributed by atoms with Crippen molar-refractivity contribution < 1.29 is 13.2 Å². The summed E-state index contributed by atoms with van der Waals surface area (Å²) >= 11 is 3.24. The molecule has 2 rings (SSSR count). The normalized spacial score (nSPS) is 10.7. The highest BCUT2D eigenvalue weighted by Crippen LogP contribution is 2.32. The molecule has 1 aromatic heterocycles. The van der Waals surface area contributed by atoms with Crippen LogP contribution in [0.15, 0.2) is 46.0 Å². The average Bonchev–Trinajstić information content (AvgIpc) is 2.49. The number of sulfonamides is 1. The predicted molar refractivity (Wildman–Crippen MR) is 80.5 cm³/mol. The molecular weight excluding hydrogens is 358 g/mol. The van der Waals surface area contributed by atoms with Crippen molar-refractivity contribution in [3.63, 3.8) is 0 Å². The number of ether oxygens (including phenoxy) is 1. The number of hydrogen-bond acceptors (Lipinski definition) is 5. The molecule has 0 unspecified atom stereocenters. The van der Waals surface area contributed by atoms with Crippen LogP contribution >= 0.6 is 15.9 Å². The number of nitriles is 1. The summed E-state index contributed by atoms with van der Waals surface area (Å²) in [7, 11) is -2.37. The van der Waals surface area contributed by atoms with Crippen LogP contribution < -0.4 is 9.46 Å². The second kappa shape index (κ2) is 6.11. The molecule has 0 radical (unpaired) electrons. The van der Waals surface area contributed by atoms with Crippen LogP contribution in [0.1, 0.15) is 5.56 Å². The first-order chi connectivity index (χ1) is 9.97. The third-order valence-electron chi connectivity index (χ3n) is 2.60. The molecule has 1 N–H and O–H groups in total. The van der Waals surface area contributed by atoms with Crippen LogP contribution in [0.3, 0.4) is 0 Å². The van der Waals surface area contributed by atoms with Crippen LogP contribution in [0.2, 0.25) is 0 Å². The van der Waals surface area contributed by atoms with Gasteiger partial charge in [0.15, 0.2) is 0 Å². The van der Waals surface area contributed by atoms with E-state index in [0.29, 0.717) is 10.2 Å². The number of methoxy groups -OCH3 is 1. The highest BCUT2D eigenvalue weighted by Gasteiger charge is 2.18. The summed E-state index contributed by atoms with van der Waals surface area (Å²) < 4.78 is 32.5. The van der Waals surface area contributed by atoms with Gasteiger partial charge in [0.25, 0.3) is 10.0 Å². The lowest BCUT2D eigenvalue weighted by atomic mass is 10.2. The van der Waals surface area contributed by atoms with Crippen molar-refractivity contribution in [2.45, 2.75) is 4.90 Å². The Morgan fingerprint density at radius 1 is 1.43 bits per heavy atom. The number of benzene rings is 1. The van der Waals surface area contributed by atoms with Crippen molar-refractivity contribution in [2.75, 3.05) is 11.8 Å². The number of rotatable bonds is 4. The van der Waals surface area contributed by atoms with E-state index in [0.717, 1.165) is 0 Å². The van der Waals surface area contributed by atoms with Gasteiger partial charge in [-0.25, -0.2) is 8.42 Å². The van der Waals surface area contributed by atoms with Crippen LogP contribution in [-0.4, -0.2) is 20.5 Å². The maximum atomic E-state index is 12.2. The van der Waals surface area contributed by atoms with E-state index in [4.69, 9.17) is 10.00 Å². The molecule has 0 fully saturated rings. The van der Waals surface area contributed by atoms with Gasteiger partial charge in [0.1, 0.15) is 16.7 Å². The molecule has 1 aromatic carbocycles. The lowest BCUT2D eigenvalue weighted by Gasteiger charge is -2.12. The highest BCUT2D eigenvalue weighted by molar-refractivity contribution is 9.10. The second-order valence-electron chi connectivity index (χ2n) is 3.94. The van der Waals surface area contributed by atoms with Crippen molar-refractivity contribution >= 4 is 31.6 Å². The van der Waals surface area contributed by atoms with Gasteiger partial charge in [0, 0.05) is 18.5 Å². The Kier molecular flexibility index (Phi) is 4.45. The van der Waals surface area contributed by atoms with Crippen molar-refractivity contribution in [1.82, 2.24) is 4.98 Å². The first-order valence-corrected chi connectivity index (χ1v) is 7.96. The maximum absolute atomic E-state index is 12.2. The van der Waals surface area contributed by atoms with Crippen molar-refractivity contribution in [3.05, 3.63) is 46.7 Å². The van der Waals surface area contributed by atoms with Gasteiger partial charge in [-0.1, -0.05) is 0 Å². The number of halogens is 1. The minimum absolute atomic E-state index is 0.00998. The smallest absolute Gasteiger partial charge is 0.263 e. The molecule has 0 bridgehead atoms. The molecule has 0 amide bonds. The van der Waals surface area contributed by atoms with Gasteiger partial charge in [-0.15, -0.1) is 0 Å². The summed E-state index contributed by atoms with van der Waals surface area (Å²) in [5.41, 5.74) is 0.316. The zero-order valence-electron chi connectivity index (χ0n) is 10.9. The van der Waals surface area contributed by atoms with E-state index in [1.165, 1.54) is 43.8 Å². The molecule has 8 heteroatoms. The first-order valence-electron chi connectivity index (χ1n) is 5.68. The summed E-state index contributed by atoms with van der Waals surface area (Å²) in [5, 5.41) is 9.12. The third kappa shape index (κ3) is 3.32. The average molecular weight is 368 g/mol. The Morgan fingerprint density at radius 2 is 2.19 bits per heavy atom. The summed E-state index contributed by atoms with van der Waals surface area (Å²) in [4.78, 5) is 3.78. The zero-order valence-corrected chi connectivity index (χ0v) is 13.3. The molecule has 21 heavy (non-hydrogen) atoms. The number of anilines is 1. The van der Waals surface area contributed by atoms with Gasteiger partial charge in [0.05, 0.1) is 22.8 Å². The van der Waals surface area contributed by atoms with E-state index in [-0.39, 0.29) is 16.1 Å². The summed E-state index contributed by atoms with van der Waals surface area (Å²) in [6, 6.07) is 7.79. The summed E-state index contributed by atoms with van der Waals surface area (Å²) in [6.07, 6.45) is 2.70. The van der Waals surface area contributed by atoms with Gasteiger partial charge in [-0.05, 0) is 34.1 Å². The third-order valence-corrected chi connectivity index (χ3v) is 4.57. The minimum atomic E-state index is -3.82. The molecule has 1 heterocycles. The zero-order chi connectivity index (χ0) is 15.5. The van der Waals surface area contributed by atoms with Crippen LogP contribution in [-0.2, 0) is 10.0 Å². The molecule has 108 valence electrons. The largest absolute Gasteiger partial charge is 0.495 e. The van der Waals surface area contributed by atoms with Gasteiger partial charge < -0.3 is 4.74 Å². The Hall–Kier alpha value is -2.11. The molecule has 0 atom stereocenters. The van der Waals surface area contributed by atoms with Crippen LogP contribution in [0, 0.1) is 11.3 Å². The van der Waals surface area contributed by atoms with Crippen LogP contribution in [0.4, 0.5) is 5.69 Å². The lowest BCUT2D eigenvalue weighted by Crippen LogP contribution is -2.14. The SMILES string of the molecule is COc1cc(NS(=O)(=O)c2cccnc2)c(C#N)cc1Br. The molecule has 2 aromatic rings. The molecule has 6 nitrogen and oxygen atoms in total. The maximum Gasteiger partial charge on any atom is 0.263 e. The quantitative estimate of drug-likeness (QED) is 0.895. The molecule has 0 aliphatic carbocycles. The van der Waals surface area contributed by atoms with Crippen LogP contribution in [0.25, 0.3) is 0 Å². The fourth-order valence-corrected chi connectivity index (χ4v) is 3.14. The van der Waals surface area contributed by atoms with Crippen molar-refractivity contribution in [3.8, 4) is 11.8 Å². The number of nitrogens with one attached hydrogen (secondary N) is 1. The van der Waals surface area contributed by atoms with Gasteiger partial charge in [0.2, 0.25) is 0 Å². The molecule has 0 aliphatic rings. The van der Waals surface area contributed by atoms with Crippen molar-refractivity contribution in [1.29, 1.82) is 5.26 Å². The molecule has 0 saturated carbocycles.